The molecular weight excluding hydrogens is 393 g/mol. The molecule has 0 atom stereocenters. The van der Waals surface area contributed by atoms with Gasteiger partial charge in [0, 0.05) is 11.9 Å². The molecule has 0 aliphatic carbocycles. The number of hydrogen-bond acceptors (Lipinski definition) is 5. The topological polar surface area (TPSA) is 97.7 Å². The third kappa shape index (κ3) is 4.19. The van der Waals surface area contributed by atoms with Crippen LogP contribution in [0.25, 0.3) is 16.7 Å². The van der Waals surface area contributed by atoms with Crippen LogP contribution in [0, 0.1) is 13.8 Å². The molecule has 136 valence electrons. The van der Waals surface area contributed by atoms with Crippen molar-refractivity contribution in [3.63, 3.8) is 0 Å². The van der Waals surface area contributed by atoms with Gasteiger partial charge in [0.15, 0.2) is 5.58 Å². The maximum absolute atomic E-state index is 11.1. The van der Waals surface area contributed by atoms with Crippen LogP contribution in [0.2, 0.25) is 0 Å². The Morgan fingerprint density at radius 2 is 1.93 bits per heavy atom. The Bertz CT molecular complexity index is 1250. The van der Waals surface area contributed by atoms with Crippen molar-refractivity contribution < 1.29 is 70.2 Å². The zero-order valence-electron chi connectivity index (χ0n) is 16.3. The predicted octanol–water partition coefficient (Wildman–Crippen LogP) is 0.241. The summed E-state index contributed by atoms with van der Waals surface area (Å²) in [5, 5.41) is -0.684. The van der Waals surface area contributed by atoms with Crippen molar-refractivity contribution in [2.24, 2.45) is 0 Å². The van der Waals surface area contributed by atoms with Crippen molar-refractivity contribution in [3.8, 4) is 0 Å². The van der Waals surface area contributed by atoms with Gasteiger partial charge in [-0.05, 0) is 62.1 Å². The first-order valence-electron chi connectivity index (χ1n) is 8.12. The number of aromatic nitrogens is 3. The van der Waals surface area contributed by atoms with Gasteiger partial charge in [-0.3, -0.25) is 4.55 Å². The van der Waals surface area contributed by atoms with E-state index in [9.17, 15) is 8.42 Å². The second-order valence-corrected chi connectivity index (χ2v) is 7.63. The minimum absolute atomic E-state index is 0. The third-order valence-corrected chi connectivity index (χ3v) is 5.04. The summed E-state index contributed by atoms with van der Waals surface area (Å²) in [6, 6.07) is 9.40. The second kappa shape index (κ2) is 7.74. The van der Waals surface area contributed by atoms with Crippen LogP contribution in [0.1, 0.15) is 23.9 Å². The molecule has 0 spiro atoms. The Kier molecular flexibility index (Phi) is 5.92. The molecule has 1 aromatic carbocycles. The number of aryl methyl sites for hydroxylation is 4. The molecule has 9 heteroatoms. The van der Waals surface area contributed by atoms with E-state index >= 15 is 0 Å². The fourth-order valence-corrected chi connectivity index (χ4v) is 3.44. The van der Waals surface area contributed by atoms with Gasteiger partial charge < -0.3 is 10.2 Å². The molecule has 0 aliphatic rings. The number of pyridine rings is 1. The normalized spacial score (nSPS) is 11.8. The summed E-state index contributed by atoms with van der Waals surface area (Å²) in [6.07, 6.45) is 3.49. The summed E-state index contributed by atoms with van der Waals surface area (Å²) in [6.45, 7) is 4.08. The molecule has 0 amide bonds. The van der Waals surface area contributed by atoms with Gasteiger partial charge in [-0.25, -0.2) is 4.98 Å². The predicted molar refractivity (Wildman–Crippen MR) is 97.0 cm³/mol. The Morgan fingerprint density at radius 1 is 1.15 bits per heavy atom. The van der Waals surface area contributed by atoms with Gasteiger partial charge >= 0.3 is 66.7 Å². The first-order chi connectivity index (χ1) is 12.3. The molecule has 0 radical (unpaired) electrons. The quantitative estimate of drug-likeness (QED) is 0.382. The van der Waals surface area contributed by atoms with Crippen molar-refractivity contribution in [2.75, 3.05) is 0 Å². The van der Waals surface area contributed by atoms with Crippen LogP contribution in [0.15, 0.2) is 46.2 Å². The molecule has 3 aromatic heterocycles. The van der Waals surface area contributed by atoms with Crippen LogP contribution in [0.5, 0.6) is 0 Å². The standard InChI is InChI=1S/C18H17N3O4S.K.H/c1-11-7-8-21-12(2)14(19-17(21)9-11)5-3-13-4-6-15-16(10-13)25-18(20-15)26(22,23)24;;/h4,6-10H,3,5H2,1-2H3,(H,22,23,24);;/q;+1;-1. The molecule has 7 nitrogen and oxygen atoms in total. The van der Waals surface area contributed by atoms with Crippen molar-refractivity contribution in [1.82, 2.24) is 14.4 Å². The summed E-state index contributed by atoms with van der Waals surface area (Å²) in [7, 11) is -4.45. The van der Waals surface area contributed by atoms with E-state index in [1.165, 1.54) is 5.56 Å². The average molecular weight is 412 g/mol. The van der Waals surface area contributed by atoms with E-state index in [-0.39, 0.29) is 52.8 Å². The first kappa shape index (κ1) is 20.7. The van der Waals surface area contributed by atoms with E-state index in [4.69, 9.17) is 14.0 Å². The van der Waals surface area contributed by atoms with Crippen molar-refractivity contribution in [1.29, 1.82) is 0 Å². The fraction of sp³-hybridized carbons (Fsp3) is 0.222. The first-order valence-corrected chi connectivity index (χ1v) is 9.56. The van der Waals surface area contributed by atoms with Gasteiger partial charge in [0.05, 0.1) is 5.69 Å². The van der Waals surface area contributed by atoms with Crippen LogP contribution >= 0.6 is 0 Å². The van der Waals surface area contributed by atoms with Crippen molar-refractivity contribution in [3.05, 3.63) is 59.0 Å². The van der Waals surface area contributed by atoms with Gasteiger partial charge in [-0.2, -0.15) is 13.4 Å². The van der Waals surface area contributed by atoms with Gasteiger partial charge in [-0.15, -0.1) is 0 Å². The smallest absolute Gasteiger partial charge is 1.00 e. The van der Waals surface area contributed by atoms with E-state index in [1.54, 1.807) is 12.1 Å². The van der Waals surface area contributed by atoms with E-state index in [1.807, 2.05) is 32.2 Å². The van der Waals surface area contributed by atoms with Crippen LogP contribution in [-0.2, 0) is 23.0 Å². The Morgan fingerprint density at radius 3 is 2.67 bits per heavy atom. The molecule has 0 bridgehead atoms. The molecule has 0 saturated carbocycles. The van der Waals surface area contributed by atoms with Crippen LogP contribution < -0.4 is 51.4 Å². The number of hydrogen-bond donors (Lipinski definition) is 1. The maximum atomic E-state index is 11.1. The molecule has 0 saturated heterocycles. The number of imidazole rings is 1. The Hall–Kier alpha value is -1.07. The van der Waals surface area contributed by atoms with Gasteiger partial charge in [-0.1, -0.05) is 6.07 Å². The van der Waals surface area contributed by atoms with Crippen molar-refractivity contribution in [2.45, 2.75) is 31.9 Å². The monoisotopic (exact) mass is 411 g/mol. The molecule has 0 aliphatic heterocycles. The van der Waals surface area contributed by atoms with Crippen molar-refractivity contribution >= 4 is 26.9 Å². The number of fused-ring (bicyclic) bond motifs is 2. The van der Waals surface area contributed by atoms with Gasteiger partial charge in [0.2, 0.25) is 0 Å². The molecule has 1 N–H and O–H groups in total. The minimum Gasteiger partial charge on any atom is -1.00 e. The van der Waals surface area contributed by atoms with Gasteiger partial charge in [0.1, 0.15) is 11.2 Å². The SMILES string of the molecule is Cc1ccn2c(C)c(CCc3ccc4nc(S(=O)(=O)O)oc4c3)nc2c1.[H-].[K+]. The zero-order chi connectivity index (χ0) is 18.5. The summed E-state index contributed by atoms with van der Waals surface area (Å²) in [5.74, 6) is 0. The molecule has 0 unspecified atom stereocenters. The summed E-state index contributed by atoms with van der Waals surface area (Å²) in [5.41, 5.74) is 5.92. The third-order valence-electron chi connectivity index (χ3n) is 4.42. The second-order valence-electron chi connectivity index (χ2n) is 6.33. The molecule has 27 heavy (non-hydrogen) atoms. The summed E-state index contributed by atoms with van der Waals surface area (Å²) < 4.78 is 38.5. The Labute approximate surface area is 200 Å². The number of oxazole rings is 1. The minimum atomic E-state index is -4.45. The van der Waals surface area contributed by atoms with Crippen LogP contribution in [-0.4, -0.2) is 27.3 Å². The van der Waals surface area contributed by atoms with Crippen LogP contribution in [0.3, 0.4) is 0 Å². The van der Waals surface area contributed by atoms with E-state index < -0.39 is 15.3 Å². The summed E-state index contributed by atoms with van der Waals surface area (Å²) >= 11 is 0. The Balaban J connectivity index is 0.00000140. The summed E-state index contributed by atoms with van der Waals surface area (Å²) in [4.78, 5) is 8.48. The number of nitrogens with zero attached hydrogens (tertiary/aromatic N) is 3. The molecule has 0 fully saturated rings. The fourth-order valence-electron chi connectivity index (χ4n) is 3.03. The van der Waals surface area contributed by atoms with E-state index in [2.05, 4.69) is 15.5 Å². The maximum Gasteiger partial charge on any atom is 1.00 e. The van der Waals surface area contributed by atoms with Gasteiger partial charge in [0.25, 0.3) is 0 Å². The van der Waals surface area contributed by atoms with E-state index in [0.29, 0.717) is 11.1 Å². The number of benzene rings is 1. The molecular formula is C18H18KN3O4S. The zero-order valence-corrected chi connectivity index (χ0v) is 19.2. The largest absolute Gasteiger partial charge is 1.00 e. The average Bonchev–Trinajstić information content (AvgIpc) is 3.13. The molecule has 3 heterocycles. The number of rotatable bonds is 4. The van der Waals surface area contributed by atoms with Crippen LogP contribution in [0.4, 0.5) is 0 Å². The molecule has 4 rings (SSSR count). The van der Waals surface area contributed by atoms with E-state index in [0.717, 1.165) is 35.4 Å². The molecule has 4 aromatic rings.